The monoisotopic (exact) mass is 272 g/mol. The Morgan fingerprint density at radius 2 is 1.90 bits per heavy atom. The molecule has 0 spiro atoms. The van der Waals surface area contributed by atoms with Crippen LogP contribution < -0.4 is 0 Å². The molecular weight excluding hydrogens is 259 g/mol. The maximum absolute atomic E-state index is 12.6. The van der Waals surface area contributed by atoms with Gasteiger partial charge in [0.1, 0.15) is 18.2 Å². The molecular formula is C16H13FO3. The lowest BCUT2D eigenvalue weighted by molar-refractivity contribution is 0.0522. The van der Waals surface area contributed by atoms with Gasteiger partial charge in [-0.15, -0.1) is 0 Å². The predicted octanol–water partition coefficient (Wildman–Crippen LogP) is 3.70. The van der Waals surface area contributed by atoms with Crippen LogP contribution in [0.5, 0.6) is 5.75 Å². The predicted molar refractivity (Wildman–Crippen MR) is 74.1 cm³/mol. The van der Waals surface area contributed by atoms with Crippen LogP contribution >= 0.6 is 0 Å². The van der Waals surface area contributed by atoms with Gasteiger partial charge in [-0.1, -0.05) is 36.9 Å². The fourth-order valence-electron chi connectivity index (χ4n) is 1.79. The molecule has 0 fully saturated rings. The van der Waals surface area contributed by atoms with E-state index in [0.717, 1.165) is 5.56 Å². The van der Waals surface area contributed by atoms with E-state index in [1.54, 1.807) is 6.07 Å². The number of carbonyl (C=O) groups is 1. The number of carbonyl (C=O) groups excluding carboxylic acids is 1. The Labute approximate surface area is 115 Å². The third-order valence-corrected chi connectivity index (χ3v) is 2.67. The van der Waals surface area contributed by atoms with Crippen molar-refractivity contribution >= 4 is 5.97 Å². The summed E-state index contributed by atoms with van der Waals surface area (Å²) < 4.78 is 17.3. The number of hydrogen-bond donors (Lipinski definition) is 1. The summed E-state index contributed by atoms with van der Waals surface area (Å²) in [5, 5.41) is 9.51. The number of esters is 1. The van der Waals surface area contributed by atoms with Gasteiger partial charge in [-0.05, 0) is 29.3 Å². The van der Waals surface area contributed by atoms with Crippen LogP contribution in [0.2, 0.25) is 0 Å². The molecule has 0 aliphatic heterocycles. The van der Waals surface area contributed by atoms with E-state index in [1.165, 1.54) is 12.1 Å². The first kappa shape index (κ1) is 13.8. The molecule has 0 aliphatic rings. The fraction of sp³-hybridized carbons (Fsp3) is 0.0625. The van der Waals surface area contributed by atoms with Crippen LogP contribution in [0.1, 0.15) is 10.4 Å². The quantitative estimate of drug-likeness (QED) is 0.863. The van der Waals surface area contributed by atoms with Gasteiger partial charge in [-0.3, -0.25) is 0 Å². The van der Waals surface area contributed by atoms with Crippen molar-refractivity contribution in [2.45, 2.75) is 0 Å². The molecule has 0 heterocycles. The highest BCUT2D eigenvalue weighted by molar-refractivity contribution is 5.97. The average Bonchev–Trinajstić information content (AvgIpc) is 2.45. The molecule has 0 unspecified atom stereocenters. The number of hydrogen-bond acceptors (Lipinski definition) is 3. The third-order valence-electron chi connectivity index (χ3n) is 2.67. The number of benzene rings is 2. The average molecular weight is 272 g/mol. The van der Waals surface area contributed by atoms with Gasteiger partial charge in [0, 0.05) is 0 Å². The van der Waals surface area contributed by atoms with E-state index >= 15 is 0 Å². The van der Waals surface area contributed by atoms with Crippen molar-refractivity contribution in [3.8, 4) is 16.9 Å². The van der Waals surface area contributed by atoms with Gasteiger partial charge in [0.2, 0.25) is 0 Å². The zero-order chi connectivity index (χ0) is 14.5. The molecule has 0 atom stereocenters. The molecule has 0 saturated heterocycles. The van der Waals surface area contributed by atoms with Crippen LogP contribution in [0.15, 0.2) is 60.9 Å². The van der Waals surface area contributed by atoms with Crippen molar-refractivity contribution in [3.63, 3.8) is 0 Å². The molecule has 0 radical (unpaired) electrons. The molecule has 1 N–H and O–H groups in total. The van der Waals surface area contributed by atoms with Crippen molar-refractivity contribution in [2.24, 2.45) is 0 Å². The van der Waals surface area contributed by atoms with Crippen LogP contribution in [0.3, 0.4) is 0 Å². The van der Waals surface area contributed by atoms with E-state index in [9.17, 15) is 14.3 Å². The number of rotatable bonds is 4. The van der Waals surface area contributed by atoms with Gasteiger partial charge in [0.25, 0.3) is 0 Å². The summed E-state index contributed by atoms with van der Waals surface area (Å²) in [7, 11) is 0. The second kappa shape index (κ2) is 6.02. The van der Waals surface area contributed by atoms with Gasteiger partial charge >= 0.3 is 5.97 Å². The minimum Gasteiger partial charge on any atom is -0.508 e. The van der Waals surface area contributed by atoms with Gasteiger partial charge in [-0.25, -0.2) is 9.18 Å². The van der Waals surface area contributed by atoms with E-state index in [2.05, 4.69) is 6.58 Å². The number of aromatic hydroxyl groups is 1. The van der Waals surface area contributed by atoms with Gasteiger partial charge in [0.15, 0.2) is 0 Å². The van der Waals surface area contributed by atoms with Gasteiger partial charge < -0.3 is 9.84 Å². The fourth-order valence-corrected chi connectivity index (χ4v) is 1.79. The molecule has 2 aromatic carbocycles. The van der Waals surface area contributed by atoms with Crippen LogP contribution in [-0.4, -0.2) is 17.7 Å². The van der Waals surface area contributed by atoms with Crippen molar-refractivity contribution in [2.75, 3.05) is 6.61 Å². The molecule has 2 rings (SSSR count). The van der Waals surface area contributed by atoms with Crippen molar-refractivity contribution in [1.82, 2.24) is 0 Å². The third kappa shape index (κ3) is 3.23. The van der Waals surface area contributed by atoms with E-state index in [1.807, 2.05) is 30.3 Å². The largest absolute Gasteiger partial charge is 0.508 e. The highest BCUT2D eigenvalue weighted by Crippen LogP contribution is 2.27. The van der Waals surface area contributed by atoms with E-state index < -0.39 is 18.4 Å². The van der Waals surface area contributed by atoms with Crippen molar-refractivity contribution in [1.29, 1.82) is 0 Å². The zero-order valence-corrected chi connectivity index (χ0v) is 10.7. The second-order valence-corrected chi connectivity index (χ2v) is 4.19. The molecule has 0 bridgehead atoms. The molecule has 0 aliphatic carbocycles. The standard InChI is InChI=1S/C16H13FO3/c1-11(17)10-20-16(19)15-9-13(18)7-8-14(15)12-5-3-2-4-6-12/h2-9,18H,1,10H2. The minimum atomic E-state index is -0.736. The molecule has 2 aromatic rings. The Morgan fingerprint density at radius 1 is 1.20 bits per heavy atom. The first-order chi connectivity index (χ1) is 9.58. The summed E-state index contributed by atoms with van der Waals surface area (Å²) in [4.78, 5) is 12.0. The summed E-state index contributed by atoms with van der Waals surface area (Å²) >= 11 is 0. The van der Waals surface area contributed by atoms with Crippen LogP contribution in [-0.2, 0) is 4.74 Å². The molecule has 4 heteroatoms. The summed E-state index contributed by atoms with van der Waals surface area (Å²) in [6, 6.07) is 13.6. The normalized spacial score (nSPS) is 10.1. The number of ether oxygens (including phenoxy) is 1. The van der Waals surface area contributed by atoms with Gasteiger partial charge in [-0.2, -0.15) is 0 Å². The van der Waals surface area contributed by atoms with E-state index in [4.69, 9.17) is 4.74 Å². The van der Waals surface area contributed by atoms with Crippen molar-refractivity contribution < 1.29 is 19.0 Å². The maximum Gasteiger partial charge on any atom is 0.339 e. The SMILES string of the molecule is C=C(F)COC(=O)c1cc(O)ccc1-c1ccccc1. The van der Waals surface area contributed by atoms with E-state index in [-0.39, 0.29) is 11.3 Å². The molecule has 0 saturated carbocycles. The molecule has 102 valence electrons. The molecule has 0 amide bonds. The summed E-state index contributed by atoms with van der Waals surface area (Å²) in [6.07, 6.45) is 0. The Hall–Kier alpha value is -2.62. The van der Waals surface area contributed by atoms with Crippen LogP contribution in [0.4, 0.5) is 4.39 Å². The summed E-state index contributed by atoms with van der Waals surface area (Å²) in [5.41, 5.74) is 1.59. The smallest absolute Gasteiger partial charge is 0.339 e. The van der Waals surface area contributed by atoms with Gasteiger partial charge in [0.05, 0.1) is 5.56 Å². The first-order valence-electron chi connectivity index (χ1n) is 5.97. The molecule has 3 nitrogen and oxygen atoms in total. The Balaban J connectivity index is 2.38. The number of phenolic OH excluding ortho intramolecular Hbond substituents is 1. The molecule has 20 heavy (non-hydrogen) atoms. The Bertz CT molecular complexity index is 635. The van der Waals surface area contributed by atoms with Crippen LogP contribution in [0.25, 0.3) is 11.1 Å². The Morgan fingerprint density at radius 3 is 2.55 bits per heavy atom. The van der Waals surface area contributed by atoms with E-state index in [0.29, 0.717) is 5.56 Å². The van der Waals surface area contributed by atoms with Crippen LogP contribution in [0, 0.1) is 0 Å². The zero-order valence-electron chi connectivity index (χ0n) is 10.7. The number of halogens is 1. The summed E-state index contributed by atoms with van der Waals surface area (Å²) in [6.45, 7) is 2.53. The lowest BCUT2D eigenvalue weighted by Crippen LogP contribution is -2.08. The lowest BCUT2D eigenvalue weighted by Gasteiger charge is -2.10. The highest BCUT2D eigenvalue weighted by atomic mass is 19.1. The Kier molecular flexibility index (Phi) is 4.15. The lowest BCUT2D eigenvalue weighted by atomic mass is 9.99. The summed E-state index contributed by atoms with van der Waals surface area (Å²) in [5.74, 6) is -1.51. The second-order valence-electron chi connectivity index (χ2n) is 4.19. The minimum absolute atomic E-state index is 0.0595. The number of phenols is 1. The topological polar surface area (TPSA) is 46.5 Å². The highest BCUT2D eigenvalue weighted by Gasteiger charge is 2.15. The first-order valence-corrected chi connectivity index (χ1v) is 5.97. The molecule has 0 aromatic heterocycles. The maximum atomic E-state index is 12.6. The van der Waals surface area contributed by atoms with Crippen molar-refractivity contribution in [3.05, 3.63) is 66.5 Å².